The molecule has 0 aromatic carbocycles. The summed E-state index contributed by atoms with van der Waals surface area (Å²) >= 11 is 5.68. The minimum Gasteiger partial charge on any atom is -0.445 e. The van der Waals surface area contributed by atoms with Gasteiger partial charge in [0.1, 0.15) is 6.10 Å². The highest BCUT2D eigenvalue weighted by Crippen LogP contribution is 2.10. The second-order valence-corrected chi connectivity index (χ2v) is 3.72. The second kappa shape index (κ2) is 9.68. The highest BCUT2D eigenvalue weighted by molar-refractivity contribution is 6.29. The average Bonchev–Trinajstić information content (AvgIpc) is 2.30. The lowest BCUT2D eigenvalue weighted by Gasteiger charge is -2.14. The van der Waals surface area contributed by atoms with Crippen LogP contribution in [0.3, 0.4) is 0 Å². The largest absolute Gasteiger partial charge is 0.445 e. The number of carbonyl (C=O) groups excluding carboxylic acids is 2. The van der Waals surface area contributed by atoms with Crippen molar-refractivity contribution in [3.8, 4) is 0 Å². The Morgan fingerprint density at radius 2 is 2.24 bits per heavy atom. The molecule has 0 aromatic heterocycles. The molecule has 6 nitrogen and oxygen atoms in total. The quantitative estimate of drug-likeness (QED) is 0.277. The fraction of sp³-hybridized carbons (Fsp3) is 0.400. The van der Waals surface area contributed by atoms with E-state index < -0.39 is 12.2 Å². The molecule has 4 N–H and O–H groups in total. The molecular weight excluding hydrogens is 246 g/mol. The van der Waals surface area contributed by atoms with E-state index >= 15 is 0 Å². The standard InChI is InChI=1S/C10H16ClN3O3/c1-8(11)4-5-9(17-10(16)14-12)3-2-6-13-7-15/h2,4,6-7,9H,3,5,12H2,1H3,(H,13,15)(H,14,16)/b6-2-,8-4+. The van der Waals surface area contributed by atoms with Crippen LogP contribution < -0.4 is 16.6 Å². The van der Waals surface area contributed by atoms with E-state index in [0.717, 1.165) is 0 Å². The third-order valence-corrected chi connectivity index (χ3v) is 1.89. The van der Waals surface area contributed by atoms with E-state index in [2.05, 4.69) is 5.32 Å². The van der Waals surface area contributed by atoms with Gasteiger partial charge < -0.3 is 10.1 Å². The lowest BCUT2D eigenvalue weighted by atomic mass is 10.1. The van der Waals surface area contributed by atoms with Crippen molar-refractivity contribution >= 4 is 24.1 Å². The van der Waals surface area contributed by atoms with Crippen molar-refractivity contribution in [1.82, 2.24) is 10.7 Å². The highest BCUT2D eigenvalue weighted by Gasteiger charge is 2.10. The maximum absolute atomic E-state index is 10.9. The fourth-order valence-corrected chi connectivity index (χ4v) is 1.09. The summed E-state index contributed by atoms with van der Waals surface area (Å²) in [6.45, 7) is 1.73. The first-order valence-electron chi connectivity index (χ1n) is 4.94. The number of nitrogens with two attached hydrogens (primary N) is 1. The molecule has 0 bridgehead atoms. The number of hydrogen-bond acceptors (Lipinski definition) is 4. The van der Waals surface area contributed by atoms with Crippen molar-refractivity contribution in [3.05, 3.63) is 23.4 Å². The molecular formula is C10H16ClN3O3. The third kappa shape index (κ3) is 9.40. The highest BCUT2D eigenvalue weighted by atomic mass is 35.5. The number of rotatable bonds is 7. The summed E-state index contributed by atoms with van der Waals surface area (Å²) in [6.07, 6.45) is 5.20. The number of halogens is 1. The molecule has 7 heteroatoms. The summed E-state index contributed by atoms with van der Waals surface area (Å²) in [5.41, 5.74) is 1.87. The van der Waals surface area contributed by atoms with E-state index in [1.165, 1.54) is 6.20 Å². The number of carbonyl (C=O) groups is 2. The Labute approximate surface area is 105 Å². The van der Waals surface area contributed by atoms with Crippen molar-refractivity contribution in [2.75, 3.05) is 0 Å². The van der Waals surface area contributed by atoms with Crippen molar-refractivity contribution in [2.24, 2.45) is 5.84 Å². The Balaban J connectivity index is 4.23. The van der Waals surface area contributed by atoms with Gasteiger partial charge in [-0.05, 0) is 13.1 Å². The maximum Gasteiger partial charge on any atom is 0.421 e. The van der Waals surface area contributed by atoms with Crippen molar-refractivity contribution in [3.63, 3.8) is 0 Å². The monoisotopic (exact) mass is 261 g/mol. The van der Waals surface area contributed by atoms with Crippen LogP contribution in [0.4, 0.5) is 4.79 Å². The molecule has 2 amide bonds. The number of amides is 2. The Morgan fingerprint density at radius 1 is 1.53 bits per heavy atom. The number of nitrogens with one attached hydrogen (secondary N) is 2. The average molecular weight is 262 g/mol. The van der Waals surface area contributed by atoms with Gasteiger partial charge >= 0.3 is 6.09 Å². The predicted molar refractivity (Wildman–Crippen MR) is 64.8 cm³/mol. The fourth-order valence-electron chi connectivity index (χ4n) is 0.999. The van der Waals surface area contributed by atoms with Crippen molar-refractivity contribution in [1.29, 1.82) is 0 Å². The van der Waals surface area contributed by atoms with E-state index in [9.17, 15) is 9.59 Å². The van der Waals surface area contributed by atoms with Gasteiger partial charge in [-0.2, -0.15) is 0 Å². The van der Waals surface area contributed by atoms with Crippen molar-refractivity contribution < 1.29 is 14.3 Å². The Kier molecular flexibility index (Phi) is 8.81. The number of allylic oxidation sites excluding steroid dienone is 1. The molecule has 0 aliphatic heterocycles. The molecule has 0 saturated carbocycles. The second-order valence-electron chi connectivity index (χ2n) is 3.12. The van der Waals surface area contributed by atoms with Crippen LogP contribution in [0, 0.1) is 0 Å². The number of ether oxygens (including phenoxy) is 1. The molecule has 0 aliphatic carbocycles. The molecule has 0 saturated heterocycles. The Bertz CT molecular complexity index is 301. The summed E-state index contributed by atoms with van der Waals surface area (Å²) in [6, 6.07) is 0. The van der Waals surface area contributed by atoms with Gasteiger partial charge in [-0.15, -0.1) is 0 Å². The molecule has 96 valence electrons. The van der Waals surface area contributed by atoms with Crippen LogP contribution in [-0.4, -0.2) is 18.6 Å². The lowest BCUT2D eigenvalue weighted by Crippen LogP contribution is -2.33. The SMILES string of the molecule is C/C(Cl)=C\CC(C/C=C\NC=O)OC(=O)NN. The van der Waals surface area contributed by atoms with Crippen LogP contribution in [0.5, 0.6) is 0 Å². The van der Waals surface area contributed by atoms with E-state index in [1.54, 1.807) is 19.1 Å². The Hall–Kier alpha value is -1.53. The van der Waals surface area contributed by atoms with Crippen LogP contribution in [0.1, 0.15) is 19.8 Å². The summed E-state index contributed by atoms with van der Waals surface area (Å²) in [7, 11) is 0. The predicted octanol–water partition coefficient (Wildman–Crippen LogP) is 1.14. The molecule has 1 atom stereocenters. The van der Waals surface area contributed by atoms with Gasteiger partial charge in [-0.1, -0.05) is 23.8 Å². The van der Waals surface area contributed by atoms with Crippen molar-refractivity contribution in [2.45, 2.75) is 25.9 Å². The molecule has 0 spiro atoms. The lowest BCUT2D eigenvalue weighted by molar-refractivity contribution is -0.108. The van der Waals surface area contributed by atoms with Crippen LogP contribution in [0.2, 0.25) is 0 Å². The van der Waals surface area contributed by atoms with Gasteiger partial charge in [-0.3, -0.25) is 10.2 Å². The van der Waals surface area contributed by atoms with Gasteiger partial charge in [0.2, 0.25) is 6.41 Å². The van der Waals surface area contributed by atoms with Gasteiger partial charge in [0.15, 0.2) is 0 Å². The van der Waals surface area contributed by atoms with E-state index in [-0.39, 0.29) is 0 Å². The van der Waals surface area contributed by atoms with E-state index in [0.29, 0.717) is 24.3 Å². The van der Waals surface area contributed by atoms with Crippen LogP contribution in [0.15, 0.2) is 23.4 Å². The summed E-state index contributed by atoms with van der Waals surface area (Å²) in [5.74, 6) is 4.91. The summed E-state index contributed by atoms with van der Waals surface area (Å²) in [4.78, 5) is 20.9. The molecule has 0 heterocycles. The first kappa shape index (κ1) is 15.5. The molecule has 0 aromatic rings. The van der Waals surface area contributed by atoms with Crippen LogP contribution >= 0.6 is 11.6 Å². The molecule has 0 rings (SSSR count). The van der Waals surface area contributed by atoms with Gasteiger partial charge in [0.05, 0.1) is 0 Å². The molecule has 1 unspecified atom stereocenters. The topological polar surface area (TPSA) is 93.4 Å². The van der Waals surface area contributed by atoms with E-state index in [4.69, 9.17) is 22.2 Å². The van der Waals surface area contributed by atoms with Gasteiger partial charge in [0.25, 0.3) is 0 Å². The van der Waals surface area contributed by atoms with Gasteiger partial charge in [-0.25, -0.2) is 10.6 Å². The number of hydrogen-bond donors (Lipinski definition) is 3. The first-order valence-corrected chi connectivity index (χ1v) is 5.32. The summed E-state index contributed by atoms with van der Waals surface area (Å²) in [5, 5.41) is 2.97. The molecule has 0 radical (unpaired) electrons. The molecule has 0 aliphatic rings. The Morgan fingerprint density at radius 3 is 2.76 bits per heavy atom. The molecule has 17 heavy (non-hydrogen) atoms. The van der Waals surface area contributed by atoms with Gasteiger partial charge in [0, 0.05) is 17.9 Å². The zero-order chi connectivity index (χ0) is 13.1. The summed E-state index contributed by atoms with van der Waals surface area (Å²) < 4.78 is 4.98. The third-order valence-electron chi connectivity index (χ3n) is 1.73. The van der Waals surface area contributed by atoms with E-state index in [1.807, 2.05) is 5.43 Å². The number of hydrazine groups is 1. The normalized spacial score (nSPS) is 13.2. The zero-order valence-electron chi connectivity index (χ0n) is 9.48. The van der Waals surface area contributed by atoms with Crippen LogP contribution in [-0.2, 0) is 9.53 Å². The minimum absolute atomic E-state index is 0.392. The maximum atomic E-state index is 10.9. The molecule has 0 fully saturated rings. The first-order chi connectivity index (χ1) is 8.10. The minimum atomic E-state index is -0.715. The zero-order valence-corrected chi connectivity index (χ0v) is 10.2. The van der Waals surface area contributed by atoms with Crippen LogP contribution in [0.25, 0.3) is 0 Å². The smallest absolute Gasteiger partial charge is 0.421 e.